The maximum absolute atomic E-state index is 11.6. The van der Waals surface area contributed by atoms with Crippen LogP contribution in [0.25, 0.3) is 0 Å². The summed E-state index contributed by atoms with van der Waals surface area (Å²) in [7, 11) is 0. The molecule has 2 amide bonds. The lowest BCUT2D eigenvalue weighted by Crippen LogP contribution is -2.31. The Morgan fingerprint density at radius 3 is 2.42 bits per heavy atom. The number of carbonyl (C=O) groups excluding carboxylic acids is 1. The van der Waals surface area contributed by atoms with Crippen LogP contribution in [0.15, 0.2) is 54.6 Å². The van der Waals surface area contributed by atoms with Crippen molar-refractivity contribution in [2.45, 2.75) is 6.92 Å². The molecule has 0 saturated heterocycles. The molecule has 0 aliphatic heterocycles. The van der Waals surface area contributed by atoms with Gasteiger partial charge in [0, 0.05) is 5.69 Å². The summed E-state index contributed by atoms with van der Waals surface area (Å²) in [6.07, 6.45) is 0. The van der Waals surface area contributed by atoms with Crippen LogP contribution in [0.2, 0.25) is 0 Å². The van der Waals surface area contributed by atoms with E-state index in [1.807, 2.05) is 61.5 Å². The molecule has 0 heterocycles. The second kappa shape index (κ2) is 6.44. The Kier molecular flexibility index (Phi) is 4.39. The number of rotatable bonds is 4. The average molecular weight is 256 g/mol. The SMILES string of the molecule is Cc1ccc(NC(=O)NCOc2ccccc2)cc1. The van der Waals surface area contributed by atoms with Crippen LogP contribution < -0.4 is 15.4 Å². The molecule has 0 spiro atoms. The van der Waals surface area contributed by atoms with Gasteiger partial charge in [0.15, 0.2) is 6.73 Å². The van der Waals surface area contributed by atoms with Crippen molar-refractivity contribution in [2.24, 2.45) is 0 Å². The van der Waals surface area contributed by atoms with Gasteiger partial charge in [-0.2, -0.15) is 0 Å². The Bertz CT molecular complexity index is 524. The quantitative estimate of drug-likeness (QED) is 0.826. The molecule has 98 valence electrons. The molecule has 2 aromatic carbocycles. The number of ether oxygens (including phenoxy) is 1. The van der Waals surface area contributed by atoms with Gasteiger partial charge in [-0.25, -0.2) is 4.79 Å². The monoisotopic (exact) mass is 256 g/mol. The molecule has 0 unspecified atom stereocenters. The molecule has 4 nitrogen and oxygen atoms in total. The standard InChI is InChI=1S/C15H16N2O2/c1-12-7-9-13(10-8-12)17-15(18)16-11-19-14-5-3-2-4-6-14/h2-10H,11H2,1H3,(H2,16,17,18). The lowest BCUT2D eigenvalue weighted by Gasteiger charge is -2.09. The highest BCUT2D eigenvalue weighted by Gasteiger charge is 2.00. The molecule has 4 heteroatoms. The molecule has 0 aromatic heterocycles. The van der Waals surface area contributed by atoms with E-state index >= 15 is 0 Å². The third-order valence-corrected chi connectivity index (χ3v) is 2.52. The van der Waals surface area contributed by atoms with Gasteiger partial charge < -0.3 is 15.4 Å². The third kappa shape index (κ3) is 4.35. The Hall–Kier alpha value is -2.49. The Labute approximate surface area is 112 Å². The van der Waals surface area contributed by atoms with E-state index in [-0.39, 0.29) is 12.8 Å². The first-order valence-electron chi connectivity index (χ1n) is 6.03. The predicted molar refractivity (Wildman–Crippen MR) is 75.3 cm³/mol. The molecule has 2 rings (SSSR count). The summed E-state index contributed by atoms with van der Waals surface area (Å²) in [5, 5.41) is 5.35. The Balaban J connectivity index is 1.74. The molecule has 0 aliphatic rings. The summed E-state index contributed by atoms with van der Waals surface area (Å²) >= 11 is 0. The fourth-order valence-corrected chi connectivity index (χ4v) is 1.51. The molecular formula is C15H16N2O2. The van der Waals surface area contributed by atoms with Crippen molar-refractivity contribution in [2.75, 3.05) is 12.0 Å². The molecular weight excluding hydrogens is 240 g/mol. The minimum absolute atomic E-state index is 0.127. The topological polar surface area (TPSA) is 50.4 Å². The van der Waals surface area contributed by atoms with Gasteiger partial charge in [-0.05, 0) is 31.2 Å². The fourth-order valence-electron chi connectivity index (χ4n) is 1.51. The predicted octanol–water partition coefficient (Wildman–Crippen LogP) is 3.15. The summed E-state index contributed by atoms with van der Waals surface area (Å²) in [6, 6.07) is 16.6. The van der Waals surface area contributed by atoms with Gasteiger partial charge in [0.25, 0.3) is 0 Å². The molecule has 0 fully saturated rings. The number of amides is 2. The molecule has 0 bridgehead atoms. The summed E-state index contributed by atoms with van der Waals surface area (Å²) in [5.74, 6) is 0.720. The molecule has 2 N–H and O–H groups in total. The average Bonchev–Trinajstić information content (AvgIpc) is 2.43. The minimum Gasteiger partial charge on any atom is -0.473 e. The highest BCUT2D eigenvalue weighted by atomic mass is 16.5. The molecule has 19 heavy (non-hydrogen) atoms. The zero-order valence-corrected chi connectivity index (χ0v) is 10.7. The minimum atomic E-state index is -0.292. The van der Waals surface area contributed by atoms with E-state index in [0.29, 0.717) is 0 Å². The summed E-state index contributed by atoms with van der Waals surface area (Å²) in [5.41, 5.74) is 1.90. The van der Waals surface area contributed by atoms with Gasteiger partial charge in [-0.3, -0.25) is 0 Å². The van der Waals surface area contributed by atoms with Crippen LogP contribution in [0.4, 0.5) is 10.5 Å². The van der Waals surface area contributed by atoms with E-state index in [4.69, 9.17) is 4.74 Å². The van der Waals surface area contributed by atoms with Gasteiger partial charge in [-0.1, -0.05) is 35.9 Å². The van der Waals surface area contributed by atoms with Crippen molar-refractivity contribution in [1.82, 2.24) is 5.32 Å². The molecule has 2 aromatic rings. The van der Waals surface area contributed by atoms with Gasteiger partial charge in [0.1, 0.15) is 5.75 Å². The maximum atomic E-state index is 11.6. The van der Waals surface area contributed by atoms with Gasteiger partial charge in [0.05, 0.1) is 0 Å². The van der Waals surface area contributed by atoms with Crippen LogP contribution >= 0.6 is 0 Å². The van der Waals surface area contributed by atoms with Crippen molar-refractivity contribution in [1.29, 1.82) is 0 Å². The number of nitrogens with one attached hydrogen (secondary N) is 2. The normalized spacial score (nSPS) is 9.74. The lowest BCUT2D eigenvalue weighted by molar-refractivity contribution is 0.234. The van der Waals surface area contributed by atoms with E-state index in [0.717, 1.165) is 17.0 Å². The second-order valence-electron chi connectivity index (χ2n) is 4.10. The van der Waals surface area contributed by atoms with Crippen molar-refractivity contribution < 1.29 is 9.53 Å². The van der Waals surface area contributed by atoms with Crippen LogP contribution in [0.3, 0.4) is 0 Å². The Morgan fingerprint density at radius 1 is 1.05 bits per heavy atom. The first kappa shape index (κ1) is 13.0. The highest BCUT2D eigenvalue weighted by molar-refractivity contribution is 5.89. The number of hydrogen-bond acceptors (Lipinski definition) is 2. The van der Waals surface area contributed by atoms with Crippen LogP contribution in [-0.2, 0) is 0 Å². The fraction of sp³-hybridized carbons (Fsp3) is 0.133. The van der Waals surface area contributed by atoms with Crippen molar-refractivity contribution in [3.8, 4) is 5.75 Å². The highest BCUT2D eigenvalue weighted by Crippen LogP contribution is 2.09. The number of carbonyl (C=O) groups is 1. The van der Waals surface area contributed by atoms with E-state index in [9.17, 15) is 4.79 Å². The number of hydrogen-bond donors (Lipinski definition) is 2. The van der Waals surface area contributed by atoms with E-state index < -0.39 is 0 Å². The number of urea groups is 1. The lowest BCUT2D eigenvalue weighted by atomic mass is 10.2. The van der Waals surface area contributed by atoms with E-state index in [1.54, 1.807) is 0 Å². The first-order chi connectivity index (χ1) is 9.24. The molecule has 0 radical (unpaired) electrons. The van der Waals surface area contributed by atoms with Gasteiger partial charge in [0.2, 0.25) is 0 Å². The van der Waals surface area contributed by atoms with Crippen molar-refractivity contribution in [3.63, 3.8) is 0 Å². The van der Waals surface area contributed by atoms with Crippen LogP contribution in [0.1, 0.15) is 5.56 Å². The van der Waals surface area contributed by atoms with Gasteiger partial charge in [-0.15, -0.1) is 0 Å². The zero-order valence-electron chi connectivity index (χ0n) is 10.7. The maximum Gasteiger partial charge on any atom is 0.321 e. The first-order valence-corrected chi connectivity index (χ1v) is 6.03. The zero-order chi connectivity index (χ0) is 13.5. The van der Waals surface area contributed by atoms with Crippen LogP contribution in [0, 0.1) is 6.92 Å². The van der Waals surface area contributed by atoms with Crippen molar-refractivity contribution >= 4 is 11.7 Å². The summed E-state index contributed by atoms with van der Waals surface area (Å²) in [6.45, 7) is 2.12. The number of benzene rings is 2. The van der Waals surface area contributed by atoms with E-state index in [2.05, 4.69) is 10.6 Å². The third-order valence-electron chi connectivity index (χ3n) is 2.52. The number of para-hydroxylation sites is 1. The number of anilines is 1. The number of aryl methyl sites for hydroxylation is 1. The van der Waals surface area contributed by atoms with Crippen molar-refractivity contribution in [3.05, 3.63) is 60.2 Å². The second-order valence-corrected chi connectivity index (χ2v) is 4.10. The van der Waals surface area contributed by atoms with Crippen LogP contribution in [0.5, 0.6) is 5.75 Å². The molecule has 0 saturated carbocycles. The summed E-state index contributed by atoms with van der Waals surface area (Å²) in [4.78, 5) is 11.6. The van der Waals surface area contributed by atoms with Crippen LogP contribution in [-0.4, -0.2) is 12.8 Å². The smallest absolute Gasteiger partial charge is 0.321 e. The summed E-state index contributed by atoms with van der Waals surface area (Å²) < 4.78 is 5.36. The van der Waals surface area contributed by atoms with Gasteiger partial charge >= 0.3 is 6.03 Å². The largest absolute Gasteiger partial charge is 0.473 e. The molecule has 0 aliphatic carbocycles. The Morgan fingerprint density at radius 2 is 1.74 bits per heavy atom. The van der Waals surface area contributed by atoms with E-state index in [1.165, 1.54) is 0 Å². The molecule has 0 atom stereocenters.